The summed E-state index contributed by atoms with van der Waals surface area (Å²) >= 11 is 0. The summed E-state index contributed by atoms with van der Waals surface area (Å²) in [7, 11) is -4.27. The molecule has 1 saturated carbocycles. The van der Waals surface area contributed by atoms with E-state index in [0.29, 0.717) is 31.9 Å². The summed E-state index contributed by atoms with van der Waals surface area (Å²) in [5.74, 6) is -7.74. The van der Waals surface area contributed by atoms with Gasteiger partial charge in [-0.1, -0.05) is 6.07 Å². The van der Waals surface area contributed by atoms with Crippen LogP contribution in [0.5, 0.6) is 0 Å². The zero-order valence-electron chi connectivity index (χ0n) is 33.4. The number of aromatic nitrogens is 2. The second kappa shape index (κ2) is 16.6. The Hall–Kier alpha value is -4.60. The first-order valence-electron chi connectivity index (χ1n) is 20.0. The van der Waals surface area contributed by atoms with Crippen LogP contribution in [0.4, 0.5) is 53.9 Å². The van der Waals surface area contributed by atoms with Gasteiger partial charge in [-0.15, -0.1) is 0 Å². The van der Waals surface area contributed by atoms with Crippen LogP contribution in [0.1, 0.15) is 88.7 Å². The Bertz CT molecular complexity index is 2270. The van der Waals surface area contributed by atoms with E-state index in [4.69, 9.17) is 0 Å². The maximum atomic E-state index is 15.7. The number of nitrogens with one attached hydrogen (secondary N) is 4. The number of alkyl halides is 5. The number of carbonyl (C=O) groups excluding carboxylic acids is 2. The van der Waals surface area contributed by atoms with Gasteiger partial charge < -0.3 is 25.5 Å². The van der Waals surface area contributed by atoms with Crippen molar-refractivity contribution in [3.63, 3.8) is 0 Å². The first kappa shape index (κ1) is 44.5. The third-order valence-electron chi connectivity index (χ3n) is 12.0. The lowest BCUT2D eigenvalue weighted by Gasteiger charge is -2.46. The molecule has 2 aromatic carbocycles. The number of benzene rings is 2. The van der Waals surface area contributed by atoms with Crippen LogP contribution in [0.25, 0.3) is 0 Å². The van der Waals surface area contributed by atoms with E-state index in [1.54, 1.807) is 6.92 Å². The van der Waals surface area contributed by atoms with Crippen LogP contribution < -0.4 is 30.5 Å². The van der Waals surface area contributed by atoms with Crippen molar-refractivity contribution in [2.24, 2.45) is 0 Å². The molecule has 1 aliphatic carbocycles. The Kier molecular flexibility index (Phi) is 12.1. The Balaban J connectivity index is 0.936. The quantitative estimate of drug-likeness (QED) is 0.122. The summed E-state index contributed by atoms with van der Waals surface area (Å²) in [6.07, 6.45) is -1.96. The van der Waals surface area contributed by atoms with Crippen LogP contribution in [0, 0.1) is 11.6 Å². The largest absolute Gasteiger partial charge is 0.421 e. The number of hydrogen-bond donors (Lipinski definition) is 5. The second-order valence-electron chi connectivity index (χ2n) is 17.1. The van der Waals surface area contributed by atoms with Gasteiger partial charge >= 0.3 is 6.18 Å². The number of anilines is 4. The minimum atomic E-state index is -4.81. The smallest absolute Gasteiger partial charge is 0.388 e. The van der Waals surface area contributed by atoms with E-state index in [1.165, 1.54) is 28.9 Å². The first-order valence-corrected chi connectivity index (χ1v) is 21.5. The van der Waals surface area contributed by atoms with Gasteiger partial charge in [0.15, 0.2) is 0 Å². The van der Waals surface area contributed by atoms with Crippen LogP contribution in [0.3, 0.4) is 0 Å². The third kappa shape index (κ3) is 10.0. The molecule has 0 radical (unpaired) electrons. The van der Waals surface area contributed by atoms with Crippen molar-refractivity contribution in [3.05, 3.63) is 65.4 Å². The number of amides is 2. The minimum absolute atomic E-state index is 0.0272. The van der Waals surface area contributed by atoms with Crippen LogP contribution >= 0.6 is 0 Å². The van der Waals surface area contributed by atoms with Gasteiger partial charge in [-0.25, -0.2) is 35.7 Å². The molecule has 0 bridgehead atoms. The average molecular weight is 885 g/mol. The Labute approximate surface area is 347 Å². The zero-order valence-corrected chi connectivity index (χ0v) is 34.2. The Morgan fingerprint density at radius 1 is 0.918 bits per heavy atom. The van der Waals surface area contributed by atoms with Crippen molar-refractivity contribution < 1.29 is 53.8 Å². The fourth-order valence-electron chi connectivity index (χ4n) is 8.71. The molecular formula is C40H47F7N8O5S. The van der Waals surface area contributed by atoms with E-state index in [-0.39, 0.29) is 74.6 Å². The van der Waals surface area contributed by atoms with Gasteiger partial charge in [0.25, 0.3) is 5.92 Å². The number of halogens is 7. The average Bonchev–Trinajstić information content (AvgIpc) is 3.16. The number of piperidine rings is 3. The van der Waals surface area contributed by atoms with E-state index >= 15 is 17.6 Å². The molecule has 3 saturated heterocycles. The lowest BCUT2D eigenvalue weighted by atomic mass is 9.80. The van der Waals surface area contributed by atoms with Gasteiger partial charge in [0, 0.05) is 55.1 Å². The molecule has 3 atom stereocenters. The highest BCUT2D eigenvalue weighted by molar-refractivity contribution is 7.89. The van der Waals surface area contributed by atoms with Crippen LogP contribution in [-0.4, -0.2) is 90.6 Å². The summed E-state index contributed by atoms with van der Waals surface area (Å²) in [6.45, 7) is 2.88. The molecule has 3 aliphatic heterocycles. The van der Waals surface area contributed by atoms with Gasteiger partial charge in [-0.2, -0.15) is 18.2 Å². The maximum Gasteiger partial charge on any atom is 0.421 e. The minimum Gasteiger partial charge on any atom is -0.388 e. The summed E-state index contributed by atoms with van der Waals surface area (Å²) < 4.78 is 133. The second-order valence-corrected chi connectivity index (χ2v) is 18.8. The standard InChI is InChI=1S/C40H47F7N8O5S/c1-37(52-32-12-17-54(22-39(32,43)44)24-4-6-26(29(41)18-24)27-7-9-33(56)50-35(27)57)14-10-23(11-15-37)53-61(59,60)25-5-8-31(30(42)19-25)49-36-48-20-28(40(45,46)47)34(51-36)55-16-3-13-38(2,58)21-55/h4-6,8,18-20,23,27,32,52-53,58H,3,7,9-17,21-22H2,1-2H3,(H,48,49,51)(H,50,56,57)/t23?,27?,32?,37?,38-/m0/s1. The Morgan fingerprint density at radius 3 is 2.30 bits per heavy atom. The molecule has 3 aromatic rings. The number of hydrogen-bond acceptors (Lipinski definition) is 11. The highest BCUT2D eigenvalue weighted by atomic mass is 32.2. The molecule has 4 fully saturated rings. The van der Waals surface area contributed by atoms with E-state index < -0.39 is 97.5 Å². The fourth-order valence-corrected chi connectivity index (χ4v) is 10.0. The molecule has 0 spiro atoms. The number of aliphatic hydroxyl groups is 1. The van der Waals surface area contributed by atoms with Crippen LogP contribution in [0.15, 0.2) is 47.5 Å². The Morgan fingerprint density at radius 2 is 1.66 bits per heavy atom. The monoisotopic (exact) mass is 884 g/mol. The van der Waals surface area contributed by atoms with Crippen LogP contribution in [-0.2, 0) is 25.8 Å². The normalized spacial score (nSPS) is 27.5. The molecule has 2 amide bonds. The van der Waals surface area contributed by atoms with Crippen molar-refractivity contribution in [2.45, 2.75) is 118 Å². The fraction of sp³-hybridized carbons (Fsp3) is 0.550. The van der Waals surface area contributed by atoms with E-state index in [9.17, 15) is 36.3 Å². The summed E-state index contributed by atoms with van der Waals surface area (Å²) in [5, 5.41) is 18.3. The number of sulfonamides is 1. The molecule has 1 aromatic heterocycles. The predicted molar refractivity (Wildman–Crippen MR) is 210 cm³/mol. The highest BCUT2D eigenvalue weighted by Gasteiger charge is 2.48. The molecule has 2 unspecified atom stereocenters. The molecule has 5 N–H and O–H groups in total. The molecule has 332 valence electrons. The third-order valence-corrected chi connectivity index (χ3v) is 13.6. The number of β-amino-alcohol motifs (C(OH)–C–C–N with tert-alkyl or cyclic N) is 1. The summed E-state index contributed by atoms with van der Waals surface area (Å²) in [4.78, 5) is 33.7. The predicted octanol–water partition coefficient (Wildman–Crippen LogP) is 5.87. The molecule has 4 aliphatic rings. The lowest BCUT2D eigenvalue weighted by Crippen LogP contribution is -2.63. The summed E-state index contributed by atoms with van der Waals surface area (Å²) in [5.41, 5.74) is -3.11. The van der Waals surface area contributed by atoms with Gasteiger partial charge in [-0.3, -0.25) is 14.9 Å². The molecule has 13 nitrogen and oxygen atoms in total. The zero-order chi connectivity index (χ0) is 44.1. The molecule has 7 rings (SSSR count). The van der Waals surface area contributed by atoms with Gasteiger partial charge in [0.2, 0.25) is 27.8 Å². The highest BCUT2D eigenvalue weighted by Crippen LogP contribution is 2.39. The lowest BCUT2D eigenvalue weighted by molar-refractivity contribution is -0.138. The topological polar surface area (TPSA) is 169 Å². The van der Waals surface area contributed by atoms with Crippen molar-refractivity contribution in [2.75, 3.05) is 41.3 Å². The van der Waals surface area contributed by atoms with Gasteiger partial charge in [0.1, 0.15) is 23.0 Å². The maximum absolute atomic E-state index is 15.7. The van der Waals surface area contributed by atoms with Crippen molar-refractivity contribution in [3.8, 4) is 0 Å². The molecule has 61 heavy (non-hydrogen) atoms. The van der Waals surface area contributed by atoms with Crippen LogP contribution in [0.2, 0.25) is 0 Å². The van der Waals surface area contributed by atoms with Crippen molar-refractivity contribution in [1.29, 1.82) is 0 Å². The first-order chi connectivity index (χ1) is 28.5. The van der Waals surface area contributed by atoms with E-state index in [2.05, 4.69) is 30.6 Å². The summed E-state index contributed by atoms with van der Waals surface area (Å²) in [6, 6.07) is 5.17. The number of rotatable bonds is 10. The molecular weight excluding hydrogens is 838 g/mol. The van der Waals surface area contributed by atoms with E-state index in [1.807, 2.05) is 0 Å². The van der Waals surface area contributed by atoms with Gasteiger partial charge in [0.05, 0.1) is 34.7 Å². The van der Waals surface area contributed by atoms with Crippen molar-refractivity contribution in [1.82, 2.24) is 25.3 Å². The van der Waals surface area contributed by atoms with E-state index in [0.717, 1.165) is 24.3 Å². The molecule has 21 heteroatoms. The molecule has 4 heterocycles. The SMILES string of the molecule is CC1(NC2CCN(c3ccc(C4CCC(=O)NC4=O)c(F)c3)CC2(F)F)CCC(NS(=O)(=O)c2ccc(Nc3ncc(C(F)(F)F)c(N4CCC[C@](C)(O)C4)n3)c(F)c2)CC1. The van der Waals surface area contributed by atoms with Crippen molar-refractivity contribution >= 4 is 45.0 Å². The number of nitrogens with zero attached hydrogens (tertiary/aromatic N) is 4. The number of carbonyl (C=O) groups is 2. The number of imide groups is 1. The van der Waals surface area contributed by atoms with Gasteiger partial charge in [-0.05, 0) is 95.5 Å².